The number of nitrogen functional groups attached to an aromatic ring is 1. The number of aliphatic hydroxyl groups is 1. The summed E-state index contributed by atoms with van der Waals surface area (Å²) in [6.07, 6.45) is -4.13. The first kappa shape index (κ1) is 31.1. The number of phosphoric ester groups is 1. The summed E-state index contributed by atoms with van der Waals surface area (Å²) in [4.78, 5) is 67.7. The van der Waals surface area contributed by atoms with Crippen LogP contribution in [0.5, 0.6) is 0 Å². The number of carbonyl (C=O) groups excluding carboxylic acids is 1. The van der Waals surface area contributed by atoms with Gasteiger partial charge in [-0.05, 0) is 12.1 Å². The molecular weight excluding hydrogens is 617 g/mol. The number of esters is 1. The number of hydrogen-bond acceptors (Lipinski definition) is 18. The van der Waals surface area contributed by atoms with E-state index in [2.05, 4.69) is 33.4 Å². The van der Waals surface area contributed by atoms with Crippen molar-refractivity contribution in [2.24, 2.45) is 0 Å². The monoisotopic (exact) mass is 637 g/mol. The van der Waals surface area contributed by atoms with Crippen molar-refractivity contribution in [1.82, 2.24) is 19.5 Å². The molecule has 1 aliphatic rings. The van der Waals surface area contributed by atoms with Crippen molar-refractivity contribution in [3.8, 4) is 0 Å². The minimum absolute atomic E-state index is 0.00743. The van der Waals surface area contributed by atoms with Crippen molar-refractivity contribution in [3.63, 3.8) is 0 Å². The van der Waals surface area contributed by atoms with Gasteiger partial charge in [0.05, 0.1) is 18.5 Å². The lowest BCUT2D eigenvalue weighted by molar-refractivity contribution is -0.250. The van der Waals surface area contributed by atoms with Crippen molar-refractivity contribution in [2.45, 2.75) is 24.5 Å². The molecule has 3 aromatic rings. The Labute approximate surface area is 229 Å². The third kappa shape index (κ3) is 7.34. The summed E-state index contributed by atoms with van der Waals surface area (Å²) in [5.41, 5.74) is 6.38. The molecule has 1 aromatic carbocycles. The quantitative estimate of drug-likeness (QED) is 0.136. The summed E-state index contributed by atoms with van der Waals surface area (Å²) in [7, 11) is -16.5. The first-order valence-corrected chi connectivity index (χ1v) is 15.5. The molecular formula is C18H20N6O14P3-3. The number of aromatic nitrogens is 4. The van der Waals surface area contributed by atoms with E-state index < -0.39 is 60.6 Å². The number of rotatable bonds is 11. The minimum atomic E-state index is -6.18. The molecule has 0 amide bonds. The van der Waals surface area contributed by atoms with E-state index in [0.29, 0.717) is 5.69 Å². The number of aliphatic hydroxyl groups excluding tert-OH is 1. The average Bonchev–Trinajstić information content (AvgIpc) is 3.42. The zero-order chi connectivity index (χ0) is 30.2. The van der Waals surface area contributed by atoms with E-state index in [4.69, 9.17) is 20.1 Å². The predicted molar refractivity (Wildman–Crippen MR) is 128 cm³/mol. The number of phosphoric acid groups is 3. The van der Waals surface area contributed by atoms with Crippen molar-refractivity contribution in [1.29, 1.82) is 0 Å². The van der Waals surface area contributed by atoms with Crippen LogP contribution in [-0.4, -0.2) is 67.5 Å². The van der Waals surface area contributed by atoms with E-state index >= 15 is 0 Å². The maximum absolute atomic E-state index is 13.0. The van der Waals surface area contributed by atoms with Gasteiger partial charge in [0.2, 0.25) is 0 Å². The molecule has 7 atom stereocenters. The van der Waals surface area contributed by atoms with Gasteiger partial charge in [0.25, 0.3) is 23.5 Å². The number of fused-ring (bicyclic) bond motifs is 1. The second-order valence-corrected chi connectivity index (χ2v) is 12.4. The third-order valence-corrected chi connectivity index (χ3v) is 9.12. The first-order chi connectivity index (χ1) is 19.1. The molecule has 0 radical (unpaired) electrons. The van der Waals surface area contributed by atoms with Gasteiger partial charge in [-0.15, -0.1) is 0 Å². The van der Waals surface area contributed by atoms with E-state index in [1.165, 1.54) is 30.1 Å². The van der Waals surface area contributed by atoms with Crippen LogP contribution in [0.25, 0.3) is 11.2 Å². The van der Waals surface area contributed by atoms with E-state index in [-0.39, 0.29) is 22.5 Å². The first-order valence-electron chi connectivity index (χ1n) is 11.1. The van der Waals surface area contributed by atoms with Crippen LogP contribution >= 0.6 is 23.5 Å². The van der Waals surface area contributed by atoms with Crippen LogP contribution in [0.2, 0.25) is 0 Å². The summed E-state index contributed by atoms with van der Waals surface area (Å²) in [6, 6.07) is 6.13. The molecule has 0 aliphatic carbocycles. The number of para-hydroxylation sites is 1. The molecule has 1 aliphatic heterocycles. The summed E-state index contributed by atoms with van der Waals surface area (Å²) in [5, 5.41) is 13.9. The number of hydrogen-bond donors (Lipinski definition) is 4. The van der Waals surface area contributed by atoms with Gasteiger partial charge in [0.15, 0.2) is 23.8 Å². The molecule has 0 saturated carbocycles. The Balaban J connectivity index is 1.60. The summed E-state index contributed by atoms with van der Waals surface area (Å²) < 4.78 is 57.9. The number of nitrogens with zero attached hydrogens (tertiary/aromatic N) is 4. The van der Waals surface area contributed by atoms with Crippen LogP contribution in [0.1, 0.15) is 16.6 Å². The fourth-order valence-corrected chi connectivity index (χ4v) is 6.70. The third-order valence-electron chi connectivity index (χ3n) is 5.43. The Morgan fingerprint density at radius 1 is 1.15 bits per heavy atom. The van der Waals surface area contributed by atoms with Crippen LogP contribution in [0.4, 0.5) is 11.5 Å². The number of anilines is 2. The standard InChI is InChI=1S/C18H23N6O14P3/c1-20-10-5-3-2-4-9(10)18(26)36-14-11(6-34-40(30,31)38-41(32,33)37-39(27,28)29)35-17(13(14)25)24-8-23-12-15(19)21-7-22-16(12)24/h2-5,7-8,11,13-14,17,20,25H,6H2,1H3,(H,30,31)(H,32,33)(H2,19,21,22)(H2,27,28,29)/p-3/t11-,13+,14?,17-/m1/s1. The lowest BCUT2D eigenvalue weighted by Gasteiger charge is -2.33. The number of benzene rings is 1. The van der Waals surface area contributed by atoms with E-state index in [1.54, 1.807) is 12.1 Å². The summed E-state index contributed by atoms with van der Waals surface area (Å²) in [6.45, 7) is -1.13. The van der Waals surface area contributed by atoms with Crippen molar-refractivity contribution in [3.05, 3.63) is 42.5 Å². The van der Waals surface area contributed by atoms with Crippen LogP contribution in [0.3, 0.4) is 0 Å². The SMILES string of the molecule is CNc1ccccc1C(=O)OC1[C@@H](COP(=O)([O-])OP(=O)([O-])OP(=O)([O-])O)O[C@@H](n2cnc3c(N)ncnc32)[C@H]1O. The van der Waals surface area contributed by atoms with Crippen LogP contribution < -0.4 is 25.7 Å². The molecule has 5 N–H and O–H groups in total. The van der Waals surface area contributed by atoms with Gasteiger partial charge < -0.3 is 49.7 Å². The highest BCUT2D eigenvalue weighted by Gasteiger charge is 2.48. The van der Waals surface area contributed by atoms with E-state index in [1.807, 2.05) is 0 Å². The van der Waals surface area contributed by atoms with Gasteiger partial charge in [-0.2, -0.15) is 0 Å². The van der Waals surface area contributed by atoms with Gasteiger partial charge in [-0.1, -0.05) is 12.1 Å². The molecule has 3 heterocycles. The van der Waals surface area contributed by atoms with Gasteiger partial charge in [0.1, 0.15) is 24.1 Å². The lowest BCUT2D eigenvalue weighted by atomic mass is 10.1. The highest BCUT2D eigenvalue weighted by atomic mass is 31.3. The number of ether oxygens (including phenoxy) is 2. The van der Waals surface area contributed by atoms with Crippen LogP contribution in [0.15, 0.2) is 36.9 Å². The normalized spacial score (nSPS) is 25.2. The molecule has 1 fully saturated rings. The average molecular weight is 637 g/mol. The molecule has 4 unspecified atom stereocenters. The molecule has 4 rings (SSSR count). The second-order valence-electron chi connectivity index (χ2n) is 8.13. The molecule has 20 nitrogen and oxygen atoms in total. The lowest BCUT2D eigenvalue weighted by Crippen LogP contribution is -2.38. The molecule has 224 valence electrons. The van der Waals surface area contributed by atoms with E-state index in [9.17, 15) is 38.3 Å². The molecule has 1 saturated heterocycles. The van der Waals surface area contributed by atoms with E-state index in [0.717, 1.165) is 6.33 Å². The second kappa shape index (κ2) is 11.8. The Morgan fingerprint density at radius 2 is 1.85 bits per heavy atom. The van der Waals surface area contributed by atoms with Gasteiger partial charge in [-0.3, -0.25) is 18.3 Å². The number of carbonyl (C=O) groups is 1. The summed E-state index contributed by atoms with van der Waals surface area (Å²) in [5.74, 6) is -0.976. The Bertz CT molecular complexity index is 1580. The van der Waals surface area contributed by atoms with Crippen molar-refractivity contribution in [2.75, 3.05) is 24.7 Å². The zero-order valence-electron chi connectivity index (χ0n) is 20.5. The molecule has 0 bridgehead atoms. The number of nitrogens with one attached hydrogen (secondary N) is 1. The zero-order valence-corrected chi connectivity index (χ0v) is 23.2. The van der Waals surface area contributed by atoms with Crippen molar-refractivity contribution >= 4 is 52.1 Å². The number of nitrogens with two attached hydrogens (primary N) is 1. The molecule has 0 spiro atoms. The number of imidazole rings is 1. The maximum atomic E-state index is 13.0. The maximum Gasteiger partial charge on any atom is 0.340 e. The topological polar surface area (TPSA) is 306 Å². The Kier molecular flexibility index (Phi) is 8.96. The fraction of sp³-hybridized carbons (Fsp3) is 0.333. The van der Waals surface area contributed by atoms with Gasteiger partial charge >= 0.3 is 5.97 Å². The Morgan fingerprint density at radius 3 is 2.54 bits per heavy atom. The highest BCUT2D eigenvalue weighted by Crippen LogP contribution is 2.61. The largest absolute Gasteiger partial charge is 0.756 e. The molecule has 41 heavy (non-hydrogen) atoms. The Hall–Kier alpha value is -2.83. The van der Waals surface area contributed by atoms with Gasteiger partial charge in [0, 0.05) is 12.7 Å². The summed E-state index contributed by atoms with van der Waals surface area (Å²) >= 11 is 0. The minimum Gasteiger partial charge on any atom is -0.756 e. The smallest absolute Gasteiger partial charge is 0.340 e. The van der Waals surface area contributed by atoms with Crippen molar-refractivity contribution < 1.29 is 65.8 Å². The van der Waals surface area contributed by atoms with Crippen LogP contribution in [-0.2, 0) is 36.3 Å². The molecule has 23 heteroatoms. The predicted octanol–water partition coefficient (Wildman–Crippen LogP) is -1.62. The van der Waals surface area contributed by atoms with Gasteiger partial charge in [-0.25, -0.2) is 28.4 Å². The molecule has 2 aromatic heterocycles. The highest BCUT2D eigenvalue weighted by molar-refractivity contribution is 7.65. The fourth-order valence-electron chi connectivity index (χ4n) is 3.80. The van der Waals surface area contributed by atoms with Crippen LogP contribution in [0, 0.1) is 0 Å².